The normalized spacial score (nSPS) is 27.1. The number of nitriles is 1. The minimum atomic E-state index is -0.442. The molecular formula is C10H19N3O. The lowest BCUT2D eigenvalue weighted by Gasteiger charge is -2.27. The van der Waals surface area contributed by atoms with Crippen molar-refractivity contribution in [2.24, 2.45) is 0 Å². The van der Waals surface area contributed by atoms with E-state index in [0.717, 1.165) is 26.1 Å². The van der Waals surface area contributed by atoms with E-state index in [2.05, 4.69) is 16.3 Å². The fraction of sp³-hybridized carbons (Fsp3) is 0.900. The van der Waals surface area contributed by atoms with Gasteiger partial charge in [-0.15, -0.1) is 0 Å². The third-order valence-corrected chi connectivity index (χ3v) is 2.90. The van der Waals surface area contributed by atoms with Crippen LogP contribution in [0.1, 0.15) is 13.3 Å². The van der Waals surface area contributed by atoms with Crippen LogP contribution in [-0.2, 0) is 4.74 Å². The van der Waals surface area contributed by atoms with Crippen LogP contribution in [0.5, 0.6) is 0 Å². The Morgan fingerprint density at radius 1 is 1.71 bits per heavy atom. The van der Waals surface area contributed by atoms with Crippen molar-refractivity contribution in [3.05, 3.63) is 0 Å². The highest BCUT2D eigenvalue weighted by atomic mass is 16.5. The van der Waals surface area contributed by atoms with E-state index in [9.17, 15) is 0 Å². The van der Waals surface area contributed by atoms with Crippen molar-refractivity contribution in [1.82, 2.24) is 10.2 Å². The number of likely N-dealkylation sites (N-methyl/N-ethyl adjacent to an activating group) is 1. The van der Waals surface area contributed by atoms with E-state index in [1.807, 2.05) is 14.0 Å². The van der Waals surface area contributed by atoms with Crippen LogP contribution in [0.3, 0.4) is 0 Å². The maximum Gasteiger partial charge on any atom is 0.116 e. The summed E-state index contributed by atoms with van der Waals surface area (Å²) in [5.41, 5.74) is -0.442. The van der Waals surface area contributed by atoms with E-state index in [0.29, 0.717) is 6.10 Å². The highest BCUT2D eigenvalue weighted by Crippen LogP contribution is 2.14. The first-order valence-corrected chi connectivity index (χ1v) is 4.99. The van der Waals surface area contributed by atoms with Gasteiger partial charge in [0.05, 0.1) is 12.2 Å². The number of likely N-dealkylation sites (tertiary alicyclic amines) is 1. The number of hydrogen-bond acceptors (Lipinski definition) is 4. The van der Waals surface area contributed by atoms with Crippen LogP contribution in [0.25, 0.3) is 0 Å². The van der Waals surface area contributed by atoms with Crippen molar-refractivity contribution >= 4 is 0 Å². The quantitative estimate of drug-likeness (QED) is 0.700. The van der Waals surface area contributed by atoms with Crippen molar-refractivity contribution in [3.63, 3.8) is 0 Å². The molecule has 2 atom stereocenters. The number of nitrogens with one attached hydrogen (secondary N) is 1. The molecule has 1 rings (SSSR count). The molecular weight excluding hydrogens is 178 g/mol. The summed E-state index contributed by atoms with van der Waals surface area (Å²) < 4.78 is 5.28. The summed E-state index contributed by atoms with van der Waals surface area (Å²) >= 11 is 0. The van der Waals surface area contributed by atoms with E-state index >= 15 is 0 Å². The third-order valence-electron chi connectivity index (χ3n) is 2.90. The summed E-state index contributed by atoms with van der Waals surface area (Å²) in [6.07, 6.45) is 1.41. The van der Waals surface area contributed by atoms with Crippen LogP contribution in [0, 0.1) is 11.3 Å². The van der Waals surface area contributed by atoms with Crippen LogP contribution in [0.4, 0.5) is 0 Å². The second-order valence-electron chi connectivity index (χ2n) is 4.08. The van der Waals surface area contributed by atoms with Gasteiger partial charge in [-0.2, -0.15) is 5.26 Å². The van der Waals surface area contributed by atoms with Gasteiger partial charge in [0.1, 0.15) is 5.54 Å². The summed E-state index contributed by atoms with van der Waals surface area (Å²) in [7, 11) is 3.57. The Labute approximate surface area is 85.8 Å². The minimum absolute atomic E-state index is 0.342. The largest absolute Gasteiger partial charge is 0.380 e. The summed E-state index contributed by atoms with van der Waals surface area (Å²) in [4.78, 5) is 2.27. The second-order valence-corrected chi connectivity index (χ2v) is 4.08. The molecule has 1 N–H and O–H groups in total. The van der Waals surface area contributed by atoms with E-state index in [1.165, 1.54) is 0 Å². The zero-order chi connectivity index (χ0) is 10.6. The van der Waals surface area contributed by atoms with Crippen molar-refractivity contribution in [2.45, 2.75) is 25.0 Å². The number of nitrogens with zero attached hydrogens (tertiary/aromatic N) is 2. The average molecular weight is 197 g/mol. The first kappa shape index (κ1) is 11.4. The Morgan fingerprint density at radius 2 is 2.43 bits per heavy atom. The highest BCUT2D eigenvalue weighted by molar-refractivity contribution is 5.05. The Morgan fingerprint density at radius 3 is 2.86 bits per heavy atom. The molecule has 1 aliphatic rings. The van der Waals surface area contributed by atoms with Crippen LogP contribution in [0.15, 0.2) is 0 Å². The first-order valence-electron chi connectivity index (χ1n) is 4.99. The Bertz CT molecular complexity index is 226. The summed E-state index contributed by atoms with van der Waals surface area (Å²) in [6, 6.07) is 2.29. The van der Waals surface area contributed by atoms with Gasteiger partial charge in [-0.1, -0.05) is 0 Å². The van der Waals surface area contributed by atoms with Crippen LogP contribution >= 0.6 is 0 Å². The van der Waals surface area contributed by atoms with Crippen molar-refractivity contribution in [1.29, 1.82) is 5.26 Å². The lowest BCUT2D eigenvalue weighted by molar-refractivity contribution is 0.105. The van der Waals surface area contributed by atoms with Crippen LogP contribution in [0.2, 0.25) is 0 Å². The molecule has 0 aromatic heterocycles. The van der Waals surface area contributed by atoms with Crippen molar-refractivity contribution in [3.8, 4) is 6.07 Å². The molecule has 1 fully saturated rings. The van der Waals surface area contributed by atoms with Crippen LogP contribution in [-0.4, -0.2) is 50.3 Å². The predicted octanol–water partition coefficient (Wildman–Crippen LogP) is 0.209. The second kappa shape index (κ2) is 4.74. The molecule has 0 saturated carbocycles. The molecule has 0 amide bonds. The molecule has 1 saturated heterocycles. The molecule has 4 nitrogen and oxygen atoms in total. The zero-order valence-corrected chi connectivity index (χ0v) is 9.21. The molecule has 2 unspecified atom stereocenters. The van der Waals surface area contributed by atoms with Gasteiger partial charge in [-0.25, -0.2) is 0 Å². The molecule has 1 aliphatic heterocycles. The predicted molar refractivity (Wildman–Crippen MR) is 54.9 cm³/mol. The Kier molecular flexibility index (Phi) is 3.87. The van der Waals surface area contributed by atoms with Crippen LogP contribution < -0.4 is 5.32 Å². The fourth-order valence-corrected chi connectivity index (χ4v) is 1.75. The van der Waals surface area contributed by atoms with E-state index in [4.69, 9.17) is 10.00 Å². The smallest absolute Gasteiger partial charge is 0.116 e. The highest BCUT2D eigenvalue weighted by Gasteiger charge is 2.29. The molecule has 0 aromatic carbocycles. The summed E-state index contributed by atoms with van der Waals surface area (Å²) in [6.45, 7) is 4.65. The monoisotopic (exact) mass is 197 g/mol. The minimum Gasteiger partial charge on any atom is -0.380 e. The maximum absolute atomic E-state index is 9.00. The maximum atomic E-state index is 9.00. The number of rotatable bonds is 4. The SMILES string of the molecule is CNC(C)(C#N)CN1CCC(OC)C1. The molecule has 0 radical (unpaired) electrons. The van der Waals surface area contributed by atoms with Gasteiger partial charge in [0.2, 0.25) is 0 Å². The average Bonchev–Trinajstić information content (AvgIpc) is 2.65. The van der Waals surface area contributed by atoms with E-state index in [-0.39, 0.29) is 0 Å². The molecule has 0 aromatic rings. The topological polar surface area (TPSA) is 48.3 Å². The molecule has 80 valence electrons. The number of ether oxygens (including phenoxy) is 1. The molecule has 0 bridgehead atoms. The van der Waals surface area contributed by atoms with Crippen molar-refractivity contribution in [2.75, 3.05) is 33.8 Å². The van der Waals surface area contributed by atoms with Gasteiger partial charge >= 0.3 is 0 Å². The van der Waals surface area contributed by atoms with Gasteiger partial charge in [-0.3, -0.25) is 4.90 Å². The summed E-state index contributed by atoms with van der Waals surface area (Å²) in [5.74, 6) is 0. The lowest BCUT2D eigenvalue weighted by atomic mass is 10.1. The lowest BCUT2D eigenvalue weighted by Crippen LogP contribution is -2.48. The number of hydrogen-bond donors (Lipinski definition) is 1. The van der Waals surface area contributed by atoms with Crippen molar-refractivity contribution < 1.29 is 4.74 Å². The fourth-order valence-electron chi connectivity index (χ4n) is 1.75. The summed E-state index contributed by atoms with van der Waals surface area (Å²) in [5, 5.41) is 12.0. The first-order chi connectivity index (χ1) is 6.63. The number of methoxy groups -OCH3 is 1. The molecule has 0 spiro atoms. The van der Waals surface area contributed by atoms with E-state index < -0.39 is 5.54 Å². The Balaban J connectivity index is 2.42. The van der Waals surface area contributed by atoms with Gasteiger partial charge in [0.25, 0.3) is 0 Å². The molecule has 14 heavy (non-hydrogen) atoms. The molecule has 4 heteroatoms. The van der Waals surface area contributed by atoms with Gasteiger partial charge < -0.3 is 10.1 Å². The van der Waals surface area contributed by atoms with Gasteiger partial charge in [-0.05, 0) is 20.4 Å². The van der Waals surface area contributed by atoms with Gasteiger partial charge in [0, 0.05) is 26.7 Å². The molecule has 0 aliphatic carbocycles. The van der Waals surface area contributed by atoms with E-state index in [1.54, 1.807) is 7.11 Å². The Hall–Kier alpha value is -0.630. The zero-order valence-electron chi connectivity index (χ0n) is 9.21. The third kappa shape index (κ3) is 2.68. The van der Waals surface area contributed by atoms with Gasteiger partial charge in [0.15, 0.2) is 0 Å². The molecule has 1 heterocycles. The standard InChI is InChI=1S/C10H19N3O/c1-10(7-11,12-2)8-13-5-4-9(6-13)14-3/h9,12H,4-6,8H2,1-3H3.